The molecule has 6 rings (SSSR count). The Labute approximate surface area is 182 Å². The zero-order valence-corrected chi connectivity index (χ0v) is 17.9. The van der Waals surface area contributed by atoms with Gasteiger partial charge in [-0.25, -0.2) is 0 Å². The molecule has 0 fully saturated rings. The van der Waals surface area contributed by atoms with Gasteiger partial charge in [-0.1, -0.05) is 48.5 Å². The molecule has 4 aromatic carbocycles. The van der Waals surface area contributed by atoms with Crippen LogP contribution in [-0.2, 0) is 6.42 Å². The summed E-state index contributed by atoms with van der Waals surface area (Å²) < 4.78 is 8.81. The number of ether oxygens (including phenoxy) is 1. The van der Waals surface area contributed by atoms with Crippen molar-refractivity contribution >= 4 is 38.6 Å². The molecule has 0 bridgehead atoms. The predicted octanol–water partition coefficient (Wildman–Crippen LogP) is 6.41. The predicted molar refractivity (Wildman–Crippen MR) is 129 cm³/mol. The van der Waals surface area contributed by atoms with Gasteiger partial charge in [0.25, 0.3) is 0 Å². The molecule has 31 heavy (non-hydrogen) atoms. The number of fused-ring (bicyclic) bond motifs is 4. The Hall–Kier alpha value is -3.59. The summed E-state index contributed by atoms with van der Waals surface area (Å²) in [6.45, 7) is 6.21. The lowest BCUT2D eigenvalue weighted by Crippen LogP contribution is -2.22. The van der Waals surface area contributed by atoms with E-state index >= 15 is 0 Å². The zero-order chi connectivity index (χ0) is 20.9. The van der Waals surface area contributed by atoms with Crippen LogP contribution in [0.1, 0.15) is 19.4 Å². The fraction of sp³-hybridized carbons (Fsp3) is 0.179. The molecule has 4 aromatic rings. The number of hydrogen-bond donors (Lipinski definition) is 0. The maximum atomic E-state index is 6.39. The number of anilines is 1. The first-order chi connectivity index (χ1) is 15.2. The smallest absolute Gasteiger partial charge is 0.209 e. The molecule has 0 aliphatic carbocycles. The van der Waals surface area contributed by atoms with Crippen LogP contribution in [0, 0.1) is 0 Å². The second-order valence-electron chi connectivity index (χ2n) is 8.24. The van der Waals surface area contributed by atoms with Crippen molar-refractivity contribution in [2.24, 2.45) is 0 Å². The first kappa shape index (κ1) is 18.2. The second kappa shape index (κ2) is 6.98. The first-order valence-electron chi connectivity index (χ1n) is 11.1. The minimum atomic E-state index is 0.868. The van der Waals surface area contributed by atoms with Gasteiger partial charge < -0.3 is 9.64 Å². The van der Waals surface area contributed by atoms with Gasteiger partial charge in [0.05, 0.1) is 18.2 Å². The Balaban J connectivity index is 1.44. The summed E-state index contributed by atoms with van der Waals surface area (Å²) in [7, 11) is 0. The Morgan fingerprint density at radius 2 is 1.52 bits per heavy atom. The SMILES string of the molecule is CCN1C(=CC2=[N+](CC)c3cc4ccccc4cc3C2)Oc2cc3ccccc3cc21. The highest BCUT2D eigenvalue weighted by Crippen LogP contribution is 2.42. The molecular weight excluding hydrogens is 380 g/mol. The number of hydrogen-bond acceptors (Lipinski definition) is 2. The first-order valence-corrected chi connectivity index (χ1v) is 11.1. The van der Waals surface area contributed by atoms with Gasteiger partial charge in [0, 0.05) is 18.2 Å². The third-order valence-electron chi connectivity index (χ3n) is 6.48. The summed E-state index contributed by atoms with van der Waals surface area (Å²) >= 11 is 0. The van der Waals surface area contributed by atoms with E-state index in [1.807, 2.05) is 0 Å². The lowest BCUT2D eigenvalue weighted by atomic mass is 10.0. The summed E-state index contributed by atoms with van der Waals surface area (Å²) in [5, 5.41) is 5.05. The van der Waals surface area contributed by atoms with Gasteiger partial charge in [0.1, 0.15) is 6.54 Å². The molecule has 0 unspecified atom stereocenters. The van der Waals surface area contributed by atoms with Crippen LogP contribution in [0.4, 0.5) is 11.4 Å². The topological polar surface area (TPSA) is 15.5 Å². The van der Waals surface area contributed by atoms with E-state index < -0.39 is 0 Å². The number of rotatable bonds is 3. The maximum Gasteiger partial charge on any atom is 0.209 e. The van der Waals surface area contributed by atoms with Crippen molar-refractivity contribution in [3.05, 3.63) is 90.3 Å². The van der Waals surface area contributed by atoms with Gasteiger partial charge in [-0.2, -0.15) is 4.58 Å². The van der Waals surface area contributed by atoms with E-state index in [2.05, 4.69) is 102 Å². The van der Waals surface area contributed by atoms with Gasteiger partial charge in [0.15, 0.2) is 11.5 Å². The fourth-order valence-corrected chi connectivity index (χ4v) is 4.98. The minimum absolute atomic E-state index is 0.868. The van der Waals surface area contributed by atoms with Crippen molar-refractivity contribution in [3.63, 3.8) is 0 Å². The molecule has 2 aliphatic heterocycles. The lowest BCUT2D eigenvalue weighted by molar-refractivity contribution is -0.432. The van der Waals surface area contributed by atoms with E-state index in [1.165, 1.54) is 38.5 Å². The molecule has 0 saturated carbocycles. The molecule has 0 saturated heterocycles. The zero-order valence-electron chi connectivity index (χ0n) is 17.9. The van der Waals surface area contributed by atoms with Crippen LogP contribution >= 0.6 is 0 Å². The van der Waals surface area contributed by atoms with Crippen molar-refractivity contribution in [2.75, 3.05) is 18.0 Å². The molecule has 0 spiro atoms. The van der Waals surface area contributed by atoms with E-state index in [0.29, 0.717) is 0 Å². The van der Waals surface area contributed by atoms with Crippen LogP contribution in [-0.4, -0.2) is 23.4 Å². The molecule has 152 valence electrons. The van der Waals surface area contributed by atoms with Gasteiger partial charge >= 0.3 is 0 Å². The van der Waals surface area contributed by atoms with Crippen LogP contribution in [0.2, 0.25) is 0 Å². The highest BCUT2D eigenvalue weighted by molar-refractivity contribution is 6.00. The number of benzene rings is 4. The van der Waals surface area contributed by atoms with Gasteiger partial charge in [-0.3, -0.25) is 0 Å². The Morgan fingerprint density at radius 3 is 2.19 bits per heavy atom. The Bertz CT molecular complexity index is 1410. The standard InChI is InChI=1S/C28H25N2O/c1-3-29-24(14-23-13-19-9-5-6-10-20(19)15-25(23)29)18-28-30(4-2)26-16-21-11-7-8-12-22(21)17-27(26)31-28/h5-13,15-18H,3-4,14H2,1-2H3/q+1. The molecule has 0 aromatic heterocycles. The fourth-order valence-electron chi connectivity index (χ4n) is 4.98. The van der Waals surface area contributed by atoms with Gasteiger partial charge in [-0.05, 0) is 53.6 Å². The van der Waals surface area contributed by atoms with Crippen LogP contribution < -0.4 is 9.64 Å². The molecule has 0 N–H and O–H groups in total. The number of nitrogens with zero attached hydrogens (tertiary/aromatic N) is 2. The third kappa shape index (κ3) is 2.84. The molecule has 3 heteroatoms. The van der Waals surface area contributed by atoms with Crippen molar-refractivity contribution < 1.29 is 9.31 Å². The summed E-state index contributed by atoms with van der Waals surface area (Å²) in [6.07, 6.45) is 3.17. The summed E-state index contributed by atoms with van der Waals surface area (Å²) in [5.41, 5.74) is 5.14. The molecule has 2 heterocycles. The molecule has 0 atom stereocenters. The van der Waals surface area contributed by atoms with E-state index in [9.17, 15) is 0 Å². The van der Waals surface area contributed by atoms with Crippen molar-refractivity contribution in [1.82, 2.24) is 0 Å². The molecular formula is C28H25N2O+. The van der Waals surface area contributed by atoms with Crippen molar-refractivity contribution in [3.8, 4) is 5.75 Å². The summed E-state index contributed by atoms with van der Waals surface area (Å²) in [6, 6.07) is 26.2. The third-order valence-corrected chi connectivity index (χ3v) is 6.48. The maximum absolute atomic E-state index is 6.39. The molecule has 0 amide bonds. The molecule has 3 nitrogen and oxygen atoms in total. The highest BCUT2D eigenvalue weighted by atomic mass is 16.5. The average Bonchev–Trinajstić information content (AvgIpc) is 3.31. The highest BCUT2D eigenvalue weighted by Gasteiger charge is 2.32. The minimum Gasteiger partial charge on any atom is -0.438 e. The van der Waals surface area contributed by atoms with E-state index in [0.717, 1.165) is 36.8 Å². The quantitative estimate of drug-likeness (QED) is 0.366. The van der Waals surface area contributed by atoms with Gasteiger partial charge in [0.2, 0.25) is 11.6 Å². The van der Waals surface area contributed by atoms with Crippen LogP contribution in [0.25, 0.3) is 21.5 Å². The Kier molecular flexibility index (Phi) is 4.10. The normalized spacial score (nSPS) is 16.3. The second-order valence-corrected chi connectivity index (χ2v) is 8.24. The van der Waals surface area contributed by atoms with Crippen molar-refractivity contribution in [1.29, 1.82) is 0 Å². The summed E-state index contributed by atoms with van der Waals surface area (Å²) in [4.78, 5) is 2.28. The van der Waals surface area contributed by atoms with Crippen LogP contribution in [0.3, 0.4) is 0 Å². The van der Waals surface area contributed by atoms with Crippen LogP contribution in [0.5, 0.6) is 5.75 Å². The average molecular weight is 406 g/mol. The van der Waals surface area contributed by atoms with E-state index in [4.69, 9.17) is 4.74 Å². The molecule has 0 radical (unpaired) electrons. The van der Waals surface area contributed by atoms with Crippen LogP contribution in [0.15, 0.2) is 84.8 Å². The Morgan fingerprint density at radius 1 is 0.871 bits per heavy atom. The van der Waals surface area contributed by atoms with E-state index in [1.54, 1.807) is 0 Å². The number of allylic oxidation sites excluding steroid dienone is 1. The largest absolute Gasteiger partial charge is 0.438 e. The van der Waals surface area contributed by atoms with E-state index in [-0.39, 0.29) is 0 Å². The van der Waals surface area contributed by atoms with Crippen molar-refractivity contribution in [2.45, 2.75) is 20.3 Å². The van der Waals surface area contributed by atoms with Gasteiger partial charge in [-0.15, -0.1) is 0 Å². The monoisotopic (exact) mass is 405 g/mol. The molecule has 2 aliphatic rings. The lowest BCUT2D eigenvalue weighted by Gasteiger charge is -2.15. The summed E-state index contributed by atoms with van der Waals surface area (Å²) in [5.74, 6) is 1.86.